The number of carbonyl (C=O) groups is 1. The van der Waals surface area contributed by atoms with Crippen LogP contribution in [-0.2, 0) is 17.1 Å². The Bertz CT molecular complexity index is 555. The van der Waals surface area contributed by atoms with Crippen molar-refractivity contribution >= 4 is 17.7 Å². The second kappa shape index (κ2) is 8.37. The highest BCUT2D eigenvalue weighted by molar-refractivity contribution is 7.99. The van der Waals surface area contributed by atoms with E-state index in [1.54, 1.807) is 18.9 Å². The zero-order chi connectivity index (χ0) is 14.9. The van der Waals surface area contributed by atoms with Gasteiger partial charge in [0, 0.05) is 12.3 Å². The van der Waals surface area contributed by atoms with Crippen LogP contribution in [0.5, 0.6) is 5.75 Å². The summed E-state index contributed by atoms with van der Waals surface area (Å²) in [6.07, 6.45) is 0. The van der Waals surface area contributed by atoms with Crippen LogP contribution in [0.1, 0.15) is 11.1 Å². The lowest BCUT2D eigenvalue weighted by Gasteiger charge is -2.06. The zero-order valence-electron chi connectivity index (χ0n) is 12.0. The lowest BCUT2D eigenvalue weighted by atomic mass is 10.2. The minimum Gasteiger partial charge on any atom is -0.497 e. The SMILES string of the molecule is COc1ccc(CSCC(=O)NCc2ccccc2)cc1. The first-order chi connectivity index (χ1) is 10.3. The predicted molar refractivity (Wildman–Crippen MR) is 87.4 cm³/mol. The number of thioether (sulfide) groups is 1. The molecule has 0 heterocycles. The van der Waals surface area contributed by atoms with Crippen LogP contribution < -0.4 is 10.1 Å². The van der Waals surface area contributed by atoms with Crippen molar-refractivity contribution in [2.75, 3.05) is 12.9 Å². The van der Waals surface area contributed by atoms with Gasteiger partial charge in [0.1, 0.15) is 5.75 Å². The molecular formula is C17H19NO2S. The molecule has 2 aromatic carbocycles. The van der Waals surface area contributed by atoms with E-state index in [1.165, 1.54) is 5.56 Å². The van der Waals surface area contributed by atoms with Gasteiger partial charge in [0.15, 0.2) is 0 Å². The van der Waals surface area contributed by atoms with Crippen molar-refractivity contribution in [1.82, 2.24) is 5.32 Å². The Kier molecular flexibility index (Phi) is 6.16. The normalized spacial score (nSPS) is 10.1. The van der Waals surface area contributed by atoms with Crippen molar-refractivity contribution in [2.24, 2.45) is 0 Å². The Morgan fingerprint density at radius 1 is 1.05 bits per heavy atom. The highest BCUT2D eigenvalue weighted by atomic mass is 32.2. The number of methoxy groups -OCH3 is 1. The molecule has 110 valence electrons. The van der Waals surface area contributed by atoms with Crippen LogP contribution in [0.3, 0.4) is 0 Å². The van der Waals surface area contributed by atoms with Gasteiger partial charge >= 0.3 is 0 Å². The zero-order valence-corrected chi connectivity index (χ0v) is 12.9. The summed E-state index contributed by atoms with van der Waals surface area (Å²) in [6, 6.07) is 17.8. The van der Waals surface area contributed by atoms with Crippen LogP contribution in [0.4, 0.5) is 0 Å². The molecule has 2 aromatic rings. The molecule has 0 radical (unpaired) electrons. The number of rotatable bonds is 7. The van der Waals surface area contributed by atoms with Gasteiger partial charge in [0.25, 0.3) is 0 Å². The number of ether oxygens (including phenoxy) is 1. The number of amides is 1. The summed E-state index contributed by atoms with van der Waals surface area (Å²) < 4.78 is 5.11. The minimum absolute atomic E-state index is 0.0670. The highest BCUT2D eigenvalue weighted by Gasteiger charge is 2.02. The third kappa shape index (κ3) is 5.52. The smallest absolute Gasteiger partial charge is 0.230 e. The molecule has 0 fully saturated rings. The summed E-state index contributed by atoms with van der Waals surface area (Å²) >= 11 is 1.61. The monoisotopic (exact) mass is 301 g/mol. The van der Waals surface area contributed by atoms with E-state index in [1.807, 2.05) is 54.6 Å². The molecule has 1 N–H and O–H groups in total. The lowest BCUT2D eigenvalue weighted by molar-refractivity contribution is -0.118. The van der Waals surface area contributed by atoms with Gasteiger partial charge < -0.3 is 10.1 Å². The fourth-order valence-corrected chi connectivity index (χ4v) is 2.65. The van der Waals surface area contributed by atoms with Gasteiger partial charge in [-0.1, -0.05) is 42.5 Å². The molecule has 3 nitrogen and oxygen atoms in total. The number of hydrogen-bond donors (Lipinski definition) is 1. The first-order valence-electron chi connectivity index (χ1n) is 6.79. The van der Waals surface area contributed by atoms with Crippen molar-refractivity contribution in [1.29, 1.82) is 0 Å². The summed E-state index contributed by atoms with van der Waals surface area (Å²) in [5.74, 6) is 2.21. The third-order valence-corrected chi connectivity index (χ3v) is 4.00. The van der Waals surface area contributed by atoms with Crippen molar-refractivity contribution in [3.63, 3.8) is 0 Å². The molecule has 0 spiro atoms. The molecule has 0 aliphatic heterocycles. The van der Waals surface area contributed by atoms with Gasteiger partial charge in [0.05, 0.1) is 12.9 Å². The molecule has 1 amide bonds. The molecule has 0 bridgehead atoms. The maximum absolute atomic E-state index is 11.8. The topological polar surface area (TPSA) is 38.3 Å². The van der Waals surface area contributed by atoms with Gasteiger partial charge in [-0.15, -0.1) is 11.8 Å². The number of nitrogens with one attached hydrogen (secondary N) is 1. The maximum atomic E-state index is 11.8. The Hall–Kier alpha value is -1.94. The van der Waals surface area contributed by atoms with Crippen LogP contribution in [-0.4, -0.2) is 18.8 Å². The quantitative estimate of drug-likeness (QED) is 0.853. The van der Waals surface area contributed by atoms with Gasteiger partial charge in [-0.25, -0.2) is 0 Å². The number of carbonyl (C=O) groups excluding carboxylic acids is 1. The van der Waals surface area contributed by atoms with Crippen molar-refractivity contribution in [2.45, 2.75) is 12.3 Å². The van der Waals surface area contributed by atoms with Crippen molar-refractivity contribution in [3.05, 3.63) is 65.7 Å². The first kappa shape index (κ1) is 15.4. The van der Waals surface area contributed by atoms with Crippen LogP contribution in [0.25, 0.3) is 0 Å². The maximum Gasteiger partial charge on any atom is 0.230 e. The van der Waals surface area contributed by atoms with E-state index in [-0.39, 0.29) is 5.91 Å². The van der Waals surface area contributed by atoms with Gasteiger partial charge in [-0.05, 0) is 23.3 Å². The Morgan fingerprint density at radius 2 is 1.76 bits per heavy atom. The molecule has 4 heteroatoms. The van der Waals surface area contributed by atoms with Crippen LogP contribution in [0.15, 0.2) is 54.6 Å². The Morgan fingerprint density at radius 3 is 2.43 bits per heavy atom. The van der Waals surface area contributed by atoms with E-state index in [2.05, 4.69) is 5.32 Å². The average molecular weight is 301 g/mol. The summed E-state index contributed by atoms with van der Waals surface area (Å²) in [7, 11) is 1.65. The third-order valence-electron chi connectivity index (χ3n) is 2.99. The molecule has 0 aliphatic carbocycles. The molecule has 0 aliphatic rings. The van der Waals surface area contributed by atoms with Crippen LogP contribution in [0, 0.1) is 0 Å². The largest absolute Gasteiger partial charge is 0.497 e. The van der Waals surface area contributed by atoms with Gasteiger partial charge in [-0.3, -0.25) is 4.79 Å². The minimum atomic E-state index is 0.0670. The molecule has 0 saturated carbocycles. The van der Waals surface area contributed by atoms with E-state index >= 15 is 0 Å². The standard InChI is InChI=1S/C17H19NO2S/c1-20-16-9-7-15(8-10-16)12-21-13-17(19)18-11-14-5-3-2-4-6-14/h2-10H,11-13H2,1H3,(H,18,19). The van der Waals surface area contributed by atoms with E-state index in [9.17, 15) is 4.79 Å². The van der Waals surface area contributed by atoms with E-state index < -0.39 is 0 Å². The second-order valence-corrected chi connectivity index (χ2v) is 5.59. The molecule has 0 aromatic heterocycles. The summed E-state index contributed by atoms with van der Waals surface area (Å²) in [4.78, 5) is 11.8. The molecule has 0 unspecified atom stereocenters. The predicted octanol–water partition coefficient (Wildman–Crippen LogP) is 3.24. The second-order valence-electron chi connectivity index (χ2n) is 4.60. The Labute approximate surface area is 129 Å². The van der Waals surface area contributed by atoms with E-state index in [0.717, 1.165) is 17.1 Å². The van der Waals surface area contributed by atoms with Crippen LogP contribution >= 0.6 is 11.8 Å². The molecule has 0 saturated heterocycles. The molecule has 21 heavy (non-hydrogen) atoms. The fraction of sp³-hybridized carbons (Fsp3) is 0.235. The van der Waals surface area contributed by atoms with E-state index in [0.29, 0.717) is 12.3 Å². The fourth-order valence-electron chi connectivity index (χ4n) is 1.83. The summed E-state index contributed by atoms with van der Waals surface area (Å²) in [5.41, 5.74) is 2.31. The highest BCUT2D eigenvalue weighted by Crippen LogP contribution is 2.16. The first-order valence-corrected chi connectivity index (χ1v) is 7.94. The van der Waals surface area contributed by atoms with E-state index in [4.69, 9.17) is 4.74 Å². The summed E-state index contributed by atoms with van der Waals surface area (Å²) in [6.45, 7) is 0.586. The Balaban J connectivity index is 1.66. The average Bonchev–Trinajstić information content (AvgIpc) is 2.54. The summed E-state index contributed by atoms with van der Waals surface area (Å²) in [5, 5.41) is 2.92. The van der Waals surface area contributed by atoms with Gasteiger partial charge in [0.2, 0.25) is 5.91 Å². The van der Waals surface area contributed by atoms with Crippen molar-refractivity contribution < 1.29 is 9.53 Å². The van der Waals surface area contributed by atoms with Gasteiger partial charge in [-0.2, -0.15) is 0 Å². The number of benzene rings is 2. The molecular weight excluding hydrogens is 282 g/mol. The van der Waals surface area contributed by atoms with Crippen molar-refractivity contribution in [3.8, 4) is 5.75 Å². The molecule has 0 atom stereocenters. The lowest BCUT2D eigenvalue weighted by Crippen LogP contribution is -2.24. The van der Waals surface area contributed by atoms with Crippen LogP contribution in [0.2, 0.25) is 0 Å². The molecule has 2 rings (SSSR count). The number of hydrogen-bond acceptors (Lipinski definition) is 3.